The Kier molecular flexibility index (Phi) is 2.91. The van der Waals surface area contributed by atoms with Crippen molar-refractivity contribution in [2.45, 2.75) is 37.2 Å². The van der Waals surface area contributed by atoms with E-state index in [9.17, 15) is 5.11 Å². The van der Waals surface area contributed by atoms with Crippen LogP contribution in [0, 0.1) is 0 Å². The summed E-state index contributed by atoms with van der Waals surface area (Å²) in [6, 6.07) is 4.30. The van der Waals surface area contributed by atoms with E-state index in [1.54, 1.807) is 0 Å². The molecule has 1 saturated carbocycles. The quantitative estimate of drug-likeness (QED) is 0.787. The number of aliphatic hydroxyl groups is 1. The van der Waals surface area contributed by atoms with Crippen LogP contribution in [0.25, 0.3) is 0 Å². The number of hydrogen-bond acceptors (Lipinski definition) is 3. The first-order valence-electron chi connectivity index (χ1n) is 5.19. The molecule has 14 heavy (non-hydrogen) atoms. The molecule has 1 aliphatic carbocycles. The van der Waals surface area contributed by atoms with Crippen molar-refractivity contribution in [1.82, 2.24) is 0 Å². The van der Waals surface area contributed by atoms with Gasteiger partial charge in [-0.25, -0.2) is 0 Å². The molecule has 1 heterocycles. The zero-order chi connectivity index (χ0) is 10.0. The van der Waals surface area contributed by atoms with Crippen LogP contribution < -0.4 is 5.73 Å². The van der Waals surface area contributed by atoms with E-state index in [-0.39, 0.29) is 0 Å². The molecule has 0 bridgehead atoms. The van der Waals surface area contributed by atoms with Gasteiger partial charge in [-0.15, -0.1) is 11.3 Å². The second-order valence-corrected chi connectivity index (χ2v) is 5.20. The predicted molar refractivity (Wildman–Crippen MR) is 59.5 cm³/mol. The molecule has 0 saturated heterocycles. The van der Waals surface area contributed by atoms with Crippen molar-refractivity contribution in [3.63, 3.8) is 0 Å². The Morgan fingerprint density at radius 2 is 2.21 bits per heavy atom. The molecule has 0 radical (unpaired) electrons. The van der Waals surface area contributed by atoms with Crippen LogP contribution in [-0.4, -0.2) is 17.3 Å². The smallest absolute Gasteiger partial charge is 0.0769 e. The molecule has 1 aromatic rings. The van der Waals surface area contributed by atoms with E-state index in [0.29, 0.717) is 12.5 Å². The fourth-order valence-electron chi connectivity index (χ4n) is 2.17. The second-order valence-electron chi connectivity index (χ2n) is 4.22. The minimum absolute atomic E-state index is 0.407. The molecule has 0 aliphatic heterocycles. The van der Waals surface area contributed by atoms with Gasteiger partial charge in [-0.1, -0.05) is 6.07 Å². The molecular weight excluding hydrogens is 194 g/mol. The molecule has 0 aromatic carbocycles. The van der Waals surface area contributed by atoms with Crippen LogP contribution in [0.15, 0.2) is 17.5 Å². The van der Waals surface area contributed by atoms with Gasteiger partial charge in [-0.3, -0.25) is 0 Å². The maximum Gasteiger partial charge on any atom is 0.0769 e. The van der Waals surface area contributed by atoms with Crippen molar-refractivity contribution in [3.05, 3.63) is 22.4 Å². The molecule has 1 aromatic heterocycles. The first kappa shape index (κ1) is 10.1. The van der Waals surface area contributed by atoms with Gasteiger partial charge in [0, 0.05) is 11.4 Å². The summed E-state index contributed by atoms with van der Waals surface area (Å²) in [5, 5.41) is 12.1. The Labute approximate surface area is 88.8 Å². The summed E-state index contributed by atoms with van der Waals surface area (Å²) < 4.78 is 0. The molecule has 3 heteroatoms. The highest BCUT2D eigenvalue weighted by Crippen LogP contribution is 2.38. The highest BCUT2D eigenvalue weighted by atomic mass is 32.1. The van der Waals surface area contributed by atoms with Gasteiger partial charge in [0.25, 0.3) is 0 Å². The van der Waals surface area contributed by atoms with Crippen molar-refractivity contribution in [3.8, 4) is 0 Å². The molecule has 0 amide bonds. The fourth-order valence-corrected chi connectivity index (χ4v) is 3.07. The number of hydrogen-bond donors (Lipinski definition) is 2. The van der Waals surface area contributed by atoms with Crippen molar-refractivity contribution in [2.24, 2.45) is 5.73 Å². The van der Waals surface area contributed by atoms with Crippen LogP contribution in [0.4, 0.5) is 0 Å². The fraction of sp³-hybridized carbons (Fsp3) is 0.636. The van der Waals surface area contributed by atoms with Crippen LogP contribution in [0.2, 0.25) is 0 Å². The lowest BCUT2D eigenvalue weighted by molar-refractivity contribution is 0.00794. The lowest BCUT2D eigenvalue weighted by Gasteiger charge is -2.34. The molecule has 1 aliphatic rings. The zero-order valence-electron chi connectivity index (χ0n) is 8.28. The molecule has 1 fully saturated rings. The molecule has 2 rings (SSSR count). The summed E-state index contributed by atoms with van der Waals surface area (Å²) in [6.07, 6.45) is 3.86. The van der Waals surface area contributed by atoms with E-state index in [4.69, 9.17) is 5.73 Å². The summed E-state index contributed by atoms with van der Waals surface area (Å²) in [5.41, 5.74) is 4.98. The van der Waals surface area contributed by atoms with Gasteiger partial charge in [0.05, 0.1) is 5.60 Å². The summed E-state index contributed by atoms with van der Waals surface area (Å²) in [4.78, 5) is 1.46. The monoisotopic (exact) mass is 211 g/mol. The van der Waals surface area contributed by atoms with E-state index >= 15 is 0 Å². The average Bonchev–Trinajstić information content (AvgIpc) is 2.72. The average molecular weight is 211 g/mol. The van der Waals surface area contributed by atoms with Gasteiger partial charge in [0.1, 0.15) is 0 Å². The standard InChI is InChI=1S/C11H17NOS/c12-8-11(13)5-3-9(4-6-11)10-2-1-7-14-10/h1-2,7,9,13H,3-6,8,12H2. The summed E-state index contributed by atoms with van der Waals surface area (Å²) >= 11 is 1.82. The highest BCUT2D eigenvalue weighted by molar-refractivity contribution is 7.10. The van der Waals surface area contributed by atoms with E-state index in [2.05, 4.69) is 17.5 Å². The molecule has 0 atom stereocenters. The summed E-state index contributed by atoms with van der Waals surface area (Å²) in [6.45, 7) is 0.407. The Bertz CT molecular complexity index is 275. The van der Waals surface area contributed by atoms with Gasteiger partial charge in [-0.2, -0.15) is 0 Å². The Hall–Kier alpha value is -0.380. The third kappa shape index (κ3) is 2.00. The first-order chi connectivity index (χ1) is 6.73. The second kappa shape index (κ2) is 4.01. The SMILES string of the molecule is NCC1(O)CCC(c2cccs2)CC1. The maximum absolute atomic E-state index is 9.97. The van der Waals surface area contributed by atoms with Gasteiger partial charge < -0.3 is 10.8 Å². The minimum atomic E-state index is -0.576. The number of nitrogens with two attached hydrogens (primary N) is 1. The predicted octanol–water partition coefficient (Wildman–Crippen LogP) is 2.10. The molecule has 78 valence electrons. The molecular formula is C11H17NOS. The van der Waals surface area contributed by atoms with E-state index in [0.717, 1.165) is 25.7 Å². The van der Waals surface area contributed by atoms with Crippen molar-refractivity contribution in [2.75, 3.05) is 6.54 Å². The molecule has 0 spiro atoms. The zero-order valence-corrected chi connectivity index (χ0v) is 9.09. The summed E-state index contributed by atoms with van der Waals surface area (Å²) in [5.74, 6) is 0.654. The van der Waals surface area contributed by atoms with Crippen LogP contribution >= 0.6 is 11.3 Å². The van der Waals surface area contributed by atoms with Crippen molar-refractivity contribution in [1.29, 1.82) is 0 Å². The topological polar surface area (TPSA) is 46.2 Å². The Morgan fingerprint density at radius 1 is 1.50 bits per heavy atom. The summed E-state index contributed by atoms with van der Waals surface area (Å²) in [7, 11) is 0. The lowest BCUT2D eigenvalue weighted by atomic mass is 9.78. The minimum Gasteiger partial charge on any atom is -0.389 e. The third-order valence-corrected chi connectivity index (χ3v) is 4.28. The van der Waals surface area contributed by atoms with E-state index in [1.807, 2.05) is 11.3 Å². The van der Waals surface area contributed by atoms with E-state index < -0.39 is 5.60 Å². The van der Waals surface area contributed by atoms with Crippen molar-refractivity contribution < 1.29 is 5.11 Å². The van der Waals surface area contributed by atoms with Crippen LogP contribution in [-0.2, 0) is 0 Å². The molecule has 3 N–H and O–H groups in total. The lowest BCUT2D eigenvalue weighted by Crippen LogP contribution is -2.40. The molecule has 0 unspecified atom stereocenters. The number of thiophene rings is 1. The highest BCUT2D eigenvalue weighted by Gasteiger charge is 2.32. The Morgan fingerprint density at radius 3 is 2.71 bits per heavy atom. The normalized spacial score (nSPS) is 33.1. The van der Waals surface area contributed by atoms with Gasteiger partial charge in [0.15, 0.2) is 0 Å². The Balaban J connectivity index is 1.97. The third-order valence-electron chi connectivity index (χ3n) is 3.24. The van der Waals surface area contributed by atoms with Gasteiger partial charge in [0.2, 0.25) is 0 Å². The first-order valence-corrected chi connectivity index (χ1v) is 6.07. The largest absolute Gasteiger partial charge is 0.389 e. The number of rotatable bonds is 2. The van der Waals surface area contributed by atoms with Crippen LogP contribution in [0.3, 0.4) is 0 Å². The van der Waals surface area contributed by atoms with E-state index in [1.165, 1.54) is 4.88 Å². The maximum atomic E-state index is 9.97. The van der Waals surface area contributed by atoms with Gasteiger partial charge in [-0.05, 0) is 43.0 Å². The van der Waals surface area contributed by atoms with Gasteiger partial charge >= 0.3 is 0 Å². The van der Waals surface area contributed by atoms with Crippen LogP contribution in [0.1, 0.15) is 36.5 Å². The van der Waals surface area contributed by atoms with Crippen molar-refractivity contribution >= 4 is 11.3 Å². The molecule has 2 nitrogen and oxygen atoms in total. The van der Waals surface area contributed by atoms with Crippen LogP contribution in [0.5, 0.6) is 0 Å².